The van der Waals surface area contributed by atoms with Crippen LogP contribution >= 0.6 is 22.9 Å². The lowest BCUT2D eigenvalue weighted by molar-refractivity contribution is -0.113. The highest BCUT2D eigenvalue weighted by Crippen LogP contribution is 2.26. The maximum atomic E-state index is 12.3. The van der Waals surface area contributed by atoms with Gasteiger partial charge in [0.15, 0.2) is 5.13 Å². The Bertz CT molecular complexity index is 923. The van der Waals surface area contributed by atoms with Gasteiger partial charge in [0, 0.05) is 20.9 Å². The maximum Gasteiger partial charge on any atom is 0.239 e. The average molecular weight is 391 g/mol. The zero-order chi connectivity index (χ0) is 17.8. The van der Waals surface area contributed by atoms with Crippen molar-refractivity contribution in [1.29, 1.82) is 0 Å². The van der Waals surface area contributed by atoms with Crippen molar-refractivity contribution in [3.8, 4) is 11.3 Å². The molecule has 1 amide bonds. The van der Waals surface area contributed by atoms with Crippen LogP contribution in [0.4, 0.5) is 5.13 Å². The lowest BCUT2D eigenvalue weighted by Gasteiger charge is -2.05. The molecule has 2 aromatic carbocycles. The Morgan fingerprint density at radius 1 is 1.20 bits per heavy atom. The number of halogens is 1. The van der Waals surface area contributed by atoms with Gasteiger partial charge in [-0.1, -0.05) is 41.9 Å². The molecule has 3 rings (SSSR count). The molecule has 1 N–H and O–H groups in total. The monoisotopic (exact) mass is 390 g/mol. The van der Waals surface area contributed by atoms with E-state index in [0.717, 1.165) is 16.8 Å². The summed E-state index contributed by atoms with van der Waals surface area (Å²) < 4.78 is 12.3. The number of benzene rings is 2. The third kappa shape index (κ3) is 4.54. The molecule has 0 spiro atoms. The van der Waals surface area contributed by atoms with Crippen molar-refractivity contribution in [1.82, 2.24) is 4.98 Å². The van der Waals surface area contributed by atoms with Gasteiger partial charge in [0.1, 0.15) is 5.75 Å². The Labute approximate surface area is 157 Å². The van der Waals surface area contributed by atoms with Gasteiger partial charge in [-0.05, 0) is 30.7 Å². The number of aryl methyl sites for hydroxylation is 1. The number of anilines is 1. The van der Waals surface area contributed by atoms with Gasteiger partial charge in [-0.25, -0.2) is 4.98 Å². The number of hydrogen-bond acceptors (Lipinski definition) is 4. The van der Waals surface area contributed by atoms with Crippen molar-refractivity contribution in [3.63, 3.8) is 0 Å². The molecule has 0 fully saturated rings. The summed E-state index contributed by atoms with van der Waals surface area (Å²) >= 11 is 7.21. The fraction of sp³-hybridized carbons (Fsp3) is 0.111. The van der Waals surface area contributed by atoms with Gasteiger partial charge in [0.05, 0.1) is 16.5 Å². The molecule has 0 aliphatic carbocycles. The van der Waals surface area contributed by atoms with E-state index in [1.54, 1.807) is 18.2 Å². The number of amides is 1. The van der Waals surface area contributed by atoms with Crippen LogP contribution in [0.1, 0.15) is 5.56 Å². The number of carbonyl (C=O) groups is 1. The van der Waals surface area contributed by atoms with E-state index in [-0.39, 0.29) is 11.7 Å². The van der Waals surface area contributed by atoms with Crippen LogP contribution in [0, 0.1) is 6.92 Å². The zero-order valence-electron chi connectivity index (χ0n) is 13.4. The molecule has 3 aromatic rings. The SMILES string of the molecule is Cc1ccccc1[S@](=O)CC(=O)Nc1nc(-c2ccc(Cl)cc2)cs1. The smallest absolute Gasteiger partial charge is 0.239 e. The summed E-state index contributed by atoms with van der Waals surface area (Å²) in [4.78, 5) is 17.2. The van der Waals surface area contributed by atoms with Gasteiger partial charge in [-0.3, -0.25) is 9.00 Å². The molecule has 0 saturated heterocycles. The van der Waals surface area contributed by atoms with Crippen molar-refractivity contribution in [2.75, 3.05) is 11.1 Å². The van der Waals surface area contributed by atoms with E-state index in [1.807, 2.05) is 42.6 Å². The summed E-state index contributed by atoms with van der Waals surface area (Å²) in [6, 6.07) is 14.7. The number of hydrogen-bond donors (Lipinski definition) is 1. The van der Waals surface area contributed by atoms with Gasteiger partial charge in [0.25, 0.3) is 0 Å². The van der Waals surface area contributed by atoms with Gasteiger partial charge < -0.3 is 5.32 Å². The predicted molar refractivity (Wildman–Crippen MR) is 104 cm³/mol. The number of thiazole rings is 1. The Kier molecular flexibility index (Phi) is 5.63. The van der Waals surface area contributed by atoms with Crippen molar-refractivity contribution >= 4 is 44.8 Å². The van der Waals surface area contributed by atoms with Gasteiger partial charge in [0.2, 0.25) is 5.91 Å². The predicted octanol–water partition coefficient (Wildman–Crippen LogP) is 4.52. The summed E-state index contributed by atoms with van der Waals surface area (Å²) in [5.74, 6) is -0.417. The van der Waals surface area contributed by atoms with Gasteiger partial charge in [-0.15, -0.1) is 11.3 Å². The minimum atomic E-state index is -1.38. The lowest BCUT2D eigenvalue weighted by Crippen LogP contribution is -2.19. The van der Waals surface area contributed by atoms with Gasteiger partial charge >= 0.3 is 0 Å². The summed E-state index contributed by atoms with van der Waals surface area (Å²) in [5, 5.41) is 5.71. The van der Waals surface area contributed by atoms with Gasteiger partial charge in [-0.2, -0.15) is 0 Å². The molecular formula is C18H15ClN2O2S2. The van der Waals surface area contributed by atoms with E-state index in [4.69, 9.17) is 11.6 Å². The van der Waals surface area contributed by atoms with Crippen molar-refractivity contribution in [2.24, 2.45) is 0 Å². The number of nitrogens with one attached hydrogen (secondary N) is 1. The third-order valence-electron chi connectivity index (χ3n) is 3.49. The largest absolute Gasteiger partial charge is 0.301 e. The molecule has 0 unspecified atom stereocenters. The fourth-order valence-corrected chi connectivity index (χ4v) is 4.23. The minimum absolute atomic E-state index is 0.0965. The molecule has 1 atom stereocenters. The summed E-state index contributed by atoms with van der Waals surface area (Å²) in [6.07, 6.45) is 0. The summed E-state index contributed by atoms with van der Waals surface area (Å²) in [6.45, 7) is 1.88. The molecule has 128 valence electrons. The van der Waals surface area contributed by atoms with Crippen LogP contribution in [0.25, 0.3) is 11.3 Å². The van der Waals surface area contributed by atoms with Crippen LogP contribution in [-0.2, 0) is 15.6 Å². The van der Waals surface area contributed by atoms with Crippen LogP contribution in [0.5, 0.6) is 0 Å². The minimum Gasteiger partial charge on any atom is -0.301 e. The van der Waals surface area contributed by atoms with Crippen molar-refractivity contribution in [3.05, 3.63) is 64.5 Å². The first kappa shape index (κ1) is 17.8. The van der Waals surface area contributed by atoms with E-state index >= 15 is 0 Å². The molecule has 7 heteroatoms. The molecule has 0 aliphatic heterocycles. The molecule has 0 aliphatic rings. The number of rotatable bonds is 5. The lowest BCUT2D eigenvalue weighted by atomic mass is 10.2. The molecule has 1 aromatic heterocycles. The van der Waals surface area contributed by atoms with E-state index in [0.29, 0.717) is 15.0 Å². The van der Waals surface area contributed by atoms with Crippen LogP contribution in [0.3, 0.4) is 0 Å². The van der Waals surface area contributed by atoms with E-state index in [2.05, 4.69) is 10.3 Å². The standard InChI is InChI=1S/C18H15ClN2O2S2/c1-12-4-2-3-5-16(12)25(23)11-17(22)21-18-20-15(10-24-18)13-6-8-14(19)9-7-13/h2-10H,11H2,1H3,(H,20,21,22)/t25-/m1/s1. The van der Waals surface area contributed by atoms with Crippen LogP contribution in [-0.4, -0.2) is 20.9 Å². The second kappa shape index (κ2) is 7.91. The first-order valence-electron chi connectivity index (χ1n) is 7.48. The normalized spacial score (nSPS) is 11.9. The van der Waals surface area contributed by atoms with Crippen molar-refractivity contribution < 1.29 is 9.00 Å². The van der Waals surface area contributed by atoms with Crippen LogP contribution < -0.4 is 5.32 Å². The Morgan fingerprint density at radius 2 is 1.92 bits per heavy atom. The summed E-state index contributed by atoms with van der Waals surface area (Å²) in [5.41, 5.74) is 2.59. The maximum absolute atomic E-state index is 12.3. The van der Waals surface area contributed by atoms with E-state index in [1.165, 1.54) is 11.3 Å². The third-order valence-corrected chi connectivity index (χ3v) is 5.97. The zero-order valence-corrected chi connectivity index (χ0v) is 15.8. The number of aromatic nitrogens is 1. The molecule has 0 bridgehead atoms. The Hall–Kier alpha value is -2.02. The topological polar surface area (TPSA) is 59.1 Å². The Balaban J connectivity index is 1.65. The molecular weight excluding hydrogens is 376 g/mol. The first-order valence-corrected chi connectivity index (χ1v) is 10.1. The first-order chi connectivity index (χ1) is 12.0. The van der Waals surface area contributed by atoms with E-state index in [9.17, 15) is 9.00 Å². The van der Waals surface area contributed by atoms with Crippen molar-refractivity contribution in [2.45, 2.75) is 11.8 Å². The number of carbonyl (C=O) groups excluding carboxylic acids is 1. The van der Waals surface area contributed by atoms with Crippen LogP contribution in [0.2, 0.25) is 5.02 Å². The second-order valence-corrected chi connectivity index (χ2v) is 8.06. The Morgan fingerprint density at radius 3 is 2.64 bits per heavy atom. The molecule has 0 saturated carbocycles. The fourth-order valence-electron chi connectivity index (χ4n) is 2.25. The molecule has 25 heavy (non-hydrogen) atoms. The average Bonchev–Trinajstić information content (AvgIpc) is 3.04. The molecule has 1 heterocycles. The molecule has 4 nitrogen and oxygen atoms in total. The quantitative estimate of drug-likeness (QED) is 0.696. The highest BCUT2D eigenvalue weighted by Gasteiger charge is 2.14. The highest BCUT2D eigenvalue weighted by molar-refractivity contribution is 7.85. The number of nitrogens with zero attached hydrogens (tertiary/aromatic N) is 1. The summed E-state index contributed by atoms with van der Waals surface area (Å²) in [7, 11) is -1.38. The molecule has 0 radical (unpaired) electrons. The highest BCUT2D eigenvalue weighted by atomic mass is 35.5. The van der Waals surface area contributed by atoms with Crippen LogP contribution in [0.15, 0.2) is 58.8 Å². The second-order valence-electron chi connectivity index (χ2n) is 5.35. The van der Waals surface area contributed by atoms with E-state index < -0.39 is 10.8 Å².